The molecule has 1 saturated carbocycles. The third-order valence-electron chi connectivity index (χ3n) is 4.44. The average Bonchev–Trinajstić information content (AvgIpc) is 3.33. The van der Waals surface area contributed by atoms with Crippen LogP contribution in [0, 0.1) is 11.6 Å². The van der Waals surface area contributed by atoms with Gasteiger partial charge in [0.15, 0.2) is 0 Å². The van der Waals surface area contributed by atoms with E-state index in [0.717, 1.165) is 36.8 Å². The van der Waals surface area contributed by atoms with Gasteiger partial charge < -0.3 is 0 Å². The second-order valence-electron chi connectivity index (χ2n) is 6.63. The van der Waals surface area contributed by atoms with Crippen LogP contribution in [0.5, 0.6) is 0 Å². The van der Waals surface area contributed by atoms with Gasteiger partial charge in [0.2, 0.25) is 20.0 Å². The summed E-state index contributed by atoms with van der Waals surface area (Å²) in [7, 11) is -7.74. The molecule has 0 spiro atoms. The highest BCUT2D eigenvalue weighted by Gasteiger charge is 2.45. The lowest BCUT2D eigenvalue weighted by atomic mass is 9.96. The van der Waals surface area contributed by atoms with Crippen molar-refractivity contribution in [3.63, 3.8) is 0 Å². The molecule has 0 atom stereocenters. The van der Waals surface area contributed by atoms with Crippen LogP contribution < -0.4 is 9.44 Å². The smallest absolute Gasteiger partial charge is 0.243 e. The monoisotopic (exact) mass is 416 g/mol. The van der Waals surface area contributed by atoms with E-state index in [9.17, 15) is 25.6 Å². The molecule has 0 saturated heterocycles. The molecule has 2 aromatic rings. The first-order chi connectivity index (χ1) is 12.5. The van der Waals surface area contributed by atoms with Crippen molar-refractivity contribution < 1.29 is 25.6 Å². The fraction of sp³-hybridized carbons (Fsp3) is 0.294. The summed E-state index contributed by atoms with van der Waals surface area (Å²) in [4.78, 5) is -0.573. The van der Waals surface area contributed by atoms with E-state index in [0.29, 0.717) is 0 Å². The van der Waals surface area contributed by atoms with Gasteiger partial charge in [-0.15, -0.1) is 0 Å². The molecule has 10 heteroatoms. The zero-order valence-corrected chi connectivity index (χ0v) is 16.0. The lowest BCUT2D eigenvalue weighted by Gasteiger charge is -2.17. The number of halogens is 2. The summed E-state index contributed by atoms with van der Waals surface area (Å²) in [6.45, 7) is 0.0593. The number of hydrogen-bond donors (Lipinski definition) is 2. The minimum atomic E-state index is -4.14. The Morgan fingerprint density at radius 3 is 2.15 bits per heavy atom. The second-order valence-corrected chi connectivity index (χ2v) is 10.1. The lowest BCUT2D eigenvalue weighted by molar-refractivity contribution is 0.547. The van der Waals surface area contributed by atoms with E-state index in [-0.39, 0.29) is 18.0 Å². The summed E-state index contributed by atoms with van der Waals surface area (Å²) in [5.74, 6) is -1.44. The molecule has 6 nitrogen and oxygen atoms in total. The highest BCUT2D eigenvalue weighted by Crippen LogP contribution is 2.47. The maximum Gasteiger partial charge on any atom is 0.243 e. The molecule has 0 bridgehead atoms. The zero-order chi connectivity index (χ0) is 19.9. The summed E-state index contributed by atoms with van der Waals surface area (Å²) >= 11 is 0. The van der Waals surface area contributed by atoms with E-state index in [2.05, 4.69) is 9.44 Å². The quantitative estimate of drug-likeness (QED) is 0.725. The molecule has 0 unspecified atom stereocenters. The van der Waals surface area contributed by atoms with Crippen LogP contribution in [0.3, 0.4) is 0 Å². The Morgan fingerprint density at radius 1 is 1.00 bits per heavy atom. The number of sulfonamides is 2. The van der Waals surface area contributed by atoms with E-state index >= 15 is 0 Å². The molecule has 3 rings (SSSR count). The minimum absolute atomic E-state index is 0.0593. The molecule has 27 heavy (non-hydrogen) atoms. The third-order valence-corrected chi connectivity index (χ3v) is 6.48. The second kappa shape index (κ2) is 6.84. The Bertz CT molecular complexity index is 1060. The van der Waals surface area contributed by atoms with Crippen LogP contribution >= 0.6 is 0 Å². The molecular weight excluding hydrogens is 398 g/mol. The van der Waals surface area contributed by atoms with Crippen molar-refractivity contribution in [2.75, 3.05) is 17.5 Å². The van der Waals surface area contributed by atoms with Gasteiger partial charge in [0.25, 0.3) is 0 Å². The molecule has 2 aromatic carbocycles. The molecule has 0 heterocycles. The summed E-state index contributed by atoms with van der Waals surface area (Å²) in [5, 5.41) is 0. The number of anilines is 1. The van der Waals surface area contributed by atoms with Gasteiger partial charge in [0, 0.05) is 12.0 Å². The lowest BCUT2D eigenvalue weighted by Crippen LogP contribution is -2.32. The predicted molar refractivity (Wildman–Crippen MR) is 97.4 cm³/mol. The third kappa shape index (κ3) is 4.63. The predicted octanol–water partition coefficient (Wildman–Crippen LogP) is 2.35. The molecule has 1 aliphatic carbocycles. The van der Waals surface area contributed by atoms with Gasteiger partial charge in [-0.2, -0.15) is 0 Å². The molecule has 0 aromatic heterocycles. The summed E-state index contributed by atoms with van der Waals surface area (Å²) in [5.41, 5.74) is 0.327. The van der Waals surface area contributed by atoms with Crippen molar-refractivity contribution in [3.05, 3.63) is 59.7 Å². The normalized spacial score (nSPS) is 16.1. The fourth-order valence-corrected chi connectivity index (χ4v) is 4.57. The Labute approximate surface area is 156 Å². The average molecular weight is 416 g/mol. The van der Waals surface area contributed by atoms with Gasteiger partial charge in [-0.3, -0.25) is 4.72 Å². The minimum Gasteiger partial charge on any atom is -0.284 e. The van der Waals surface area contributed by atoms with Crippen molar-refractivity contribution in [1.29, 1.82) is 0 Å². The van der Waals surface area contributed by atoms with Gasteiger partial charge in [-0.25, -0.2) is 30.3 Å². The number of nitrogens with one attached hydrogen (secondary N) is 2. The van der Waals surface area contributed by atoms with Crippen LogP contribution in [0.25, 0.3) is 0 Å². The van der Waals surface area contributed by atoms with Crippen molar-refractivity contribution in [1.82, 2.24) is 4.72 Å². The molecular formula is C17H18F2N2O4S2. The first-order valence-corrected chi connectivity index (χ1v) is 11.4. The summed E-state index contributed by atoms with van der Waals surface area (Å²) in [6.07, 6.45) is 2.38. The Kier molecular flexibility index (Phi) is 5.00. The first-order valence-electron chi connectivity index (χ1n) is 8.04. The van der Waals surface area contributed by atoms with E-state index in [1.165, 1.54) is 18.2 Å². The molecule has 0 aliphatic heterocycles. The van der Waals surface area contributed by atoms with E-state index in [1.54, 1.807) is 12.1 Å². The van der Waals surface area contributed by atoms with E-state index in [1.807, 2.05) is 0 Å². The molecule has 1 fully saturated rings. The van der Waals surface area contributed by atoms with Gasteiger partial charge in [-0.05, 0) is 48.7 Å². The standard InChI is InChI=1S/C17H18F2N2O4S2/c1-26(22,23)21-14-6-7-16(15(19)10-14)27(24,25)20-11-17(8-9-17)12-2-4-13(18)5-3-12/h2-7,10,20-21H,8-9,11H2,1H3. The highest BCUT2D eigenvalue weighted by molar-refractivity contribution is 7.92. The first kappa shape index (κ1) is 19.7. The topological polar surface area (TPSA) is 92.3 Å². The van der Waals surface area contributed by atoms with E-state index in [4.69, 9.17) is 0 Å². The molecule has 1 aliphatic rings. The number of hydrogen-bond acceptors (Lipinski definition) is 4. The van der Waals surface area contributed by atoms with Crippen LogP contribution in [0.4, 0.5) is 14.5 Å². The SMILES string of the molecule is CS(=O)(=O)Nc1ccc(S(=O)(=O)NCC2(c3ccc(F)cc3)CC2)c(F)c1. The number of rotatable bonds is 7. The van der Waals surface area contributed by atoms with Gasteiger partial charge in [-0.1, -0.05) is 12.1 Å². The molecule has 2 N–H and O–H groups in total. The molecule has 0 amide bonds. The van der Waals surface area contributed by atoms with Crippen molar-refractivity contribution >= 4 is 25.7 Å². The van der Waals surface area contributed by atoms with Gasteiger partial charge >= 0.3 is 0 Å². The van der Waals surface area contributed by atoms with Crippen LogP contribution in [0.2, 0.25) is 0 Å². The fourth-order valence-electron chi connectivity index (χ4n) is 2.83. The van der Waals surface area contributed by atoms with Crippen LogP contribution in [-0.4, -0.2) is 29.6 Å². The molecule has 146 valence electrons. The summed E-state index contributed by atoms with van der Waals surface area (Å²) < 4.78 is 79.1. The van der Waals surface area contributed by atoms with Crippen LogP contribution in [-0.2, 0) is 25.5 Å². The Hall–Kier alpha value is -2.04. The van der Waals surface area contributed by atoms with E-state index < -0.39 is 36.2 Å². The Morgan fingerprint density at radius 2 is 1.63 bits per heavy atom. The van der Waals surface area contributed by atoms with Gasteiger partial charge in [0.1, 0.15) is 16.5 Å². The molecule has 0 radical (unpaired) electrons. The highest BCUT2D eigenvalue weighted by atomic mass is 32.2. The Balaban J connectivity index is 1.76. The van der Waals surface area contributed by atoms with Crippen LogP contribution in [0.1, 0.15) is 18.4 Å². The largest absolute Gasteiger partial charge is 0.284 e. The maximum atomic E-state index is 14.2. The zero-order valence-electron chi connectivity index (χ0n) is 14.4. The maximum absolute atomic E-state index is 14.2. The van der Waals surface area contributed by atoms with Crippen molar-refractivity contribution in [2.24, 2.45) is 0 Å². The van der Waals surface area contributed by atoms with Crippen LogP contribution in [0.15, 0.2) is 47.4 Å². The van der Waals surface area contributed by atoms with Crippen molar-refractivity contribution in [3.8, 4) is 0 Å². The van der Waals surface area contributed by atoms with Crippen molar-refractivity contribution in [2.45, 2.75) is 23.2 Å². The number of benzene rings is 2. The summed E-state index contributed by atoms with van der Waals surface area (Å²) in [6, 6.07) is 8.84. The van der Waals surface area contributed by atoms with Gasteiger partial charge in [0.05, 0.1) is 11.9 Å².